The smallest absolute Gasteiger partial charge is 0.257 e. The Balaban J connectivity index is 2.23. The first-order valence-electron chi connectivity index (χ1n) is 5.81. The van der Waals surface area contributed by atoms with Crippen molar-refractivity contribution in [2.75, 3.05) is 12.4 Å². The predicted octanol–water partition coefficient (Wildman–Crippen LogP) is 3.90. The first-order chi connectivity index (χ1) is 9.61. The summed E-state index contributed by atoms with van der Waals surface area (Å²) in [4.78, 5) is 16.0. The molecule has 1 amide bonds. The summed E-state index contributed by atoms with van der Waals surface area (Å²) in [5.41, 5.74) is 2.02. The highest BCUT2D eigenvalue weighted by Gasteiger charge is 2.11. The summed E-state index contributed by atoms with van der Waals surface area (Å²) >= 11 is 9.14. The van der Waals surface area contributed by atoms with Gasteiger partial charge in [0, 0.05) is 29.0 Å². The number of pyridine rings is 1. The van der Waals surface area contributed by atoms with Crippen molar-refractivity contribution in [3.05, 3.63) is 57.3 Å². The summed E-state index contributed by atoms with van der Waals surface area (Å²) < 4.78 is 6.02. The van der Waals surface area contributed by atoms with Gasteiger partial charge in [-0.2, -0.15) is 0 Å². The molecule has 0 aliphatic heterocycles. The molecule has 1 aromatic heterocycles. The van der Waals surface area contributed by atoms with Crippen LogP contribution in [0.5, 0.6) is 0 Å². The molecule has 1 heterocycles. The van der Waals surface area contributed by atoms with E-state index in [1.165, 1.54) is 6.20 Å². The molecule has 0 atom stereocenters. The van der Waals surface area contributed by atoms with Crippen molar-refractivity contribution in [1.29, 1.82) is 0 Å². The van der Waals surface area contributed by atoms with Crippen molar-refractivity contribution >= 4 is 39.1 Å². The number of anilines is 1. The minimum absolute atomic E-state index is 0.246. The average molecular weight is 356 g/mol. The number of methoxy groups -OCH3 is 1. The molecule has 0 bridgehead atoms. The summed E-state index contributed by atoms with van der Waals surface area (Å²) in [6.45, 7) is 0.399. The maximum atomic E-state index is 12.1. The molecule has 2 rings (SSSR count). The van der Waals surface area contributed by atoms with Gasteiger partial charge >= 0.3 is 0 Å². The van der Waals surface area contributed by atoms with Gasteiger partial charge in [0.1, 0.15) is 5.15 Å². The van der Waals surface area contributed by atoms with Crippen LogP contribution >= 0.6 is 27.5 Å². The van der Waals surface area contributed by atoms with Gasteiger partial charge in [0.2, 0.25) is 0 Å². The van der Waals surface area contributed by atoms with Gasteiger partial charge in [0.05, 0.1) is 12.2 Å². The fourth-order valence-corrected chi connectivity index (χ4v) is 2.26. The molecule has 0 fully saturated rings. The van der Waals surface area contributed by atoms with Crippen LogP contribution in [-0.2, 0) is 11.3 Å². The van der Waals surface area contributed by atoms with Crippen molar-refractivity contribution in [2.45, 2.75) is 6.61 Å². The summed E-state index contributed by atoms with van der Waals surface area (Å²) in [6.07, 6.45) is 1.44. The van der Waals surface area contributed by atoms with Crippen LogP contribution in [-0.4, -0.2) is 18.0 Å². The highest BCUT2D eigenvalue weighted by molar-refractivity contribution is 9.10. The van der Waals surface area contributed by atoms with E-state index in [-0.39, 0.29) is 5.91 Å². The fraction of sp³-hybridized carbons (Fsp3) is 0.143. The number of benzene rings is 1. The lowest BCUT2D eigenvalue weighted by molar-refractivity contribution is 0.102. The van der Waals surface area contributed by atoms with Gasteiger partial charge in [-0.25, -0.2) is 4.98 Å². The number of carbonyl (C=O) groups is 1. The summed E-state index contributed by atoms with van der Waals surface area (Å²) in [5, 5.41) is 3.19. The normalized spacial score (nSPS) is 10.3. The monoisotopic (exact) mass is 354 g/mol. The fourth-order valence-electron chi connectivity index (χ4n) is 1.67. The molecule has 0 aliphatic rings. The van der Waals surface area contributed by atoms with Crippen molar-refractivity contribution in [3.8, 4) is 0 Å². The number of hydrogen-bond donors (Lipinski definition) is 1. The van der Waals surface area contributed by atoms with Crippen LogP contribution in [0.2, 0.25) is 5.15 Å². The number of rotatable bonds is 4. The lowest BCUT2D eigenvalue weighted by atomic mass is 10.1. The predicted molar refractivity (Wildman–Crippen MR) is 82.1 cm³/mol. The Morgan fingerprint density at radius 2 is 2.20 bits per heavy atom. The standard InChI is InChI=1S/C14H12BrClN2O2/c1-20-8-10-11(15)3-2-4-12(10)18-14(19)9-5-6-13(16)17-7-9/h2-7H,8H2,1H3,(H,18,19). The Bertz CT molecular complexity index is 617. The SMILES string of the molecule is COCc1c(Br)cccc1NC(=O)c1ccc(Cl)nc1. The Labute approximate surface area is 130 Å². The van der Waals surface area contributed by atoms with Gasteiger partial charge in [0.15, 0.2) is 0 Å². The number of ether oxygens (including phenoxy) is 1. The van der Waals surface area contributed by atoms with E-state index >= 15 is 0 Å². The molecular formula is C14H12BrClN2O2. The number of nitrogens with zero attached hydrogens (tertiary/aromatic N) is 1. The minimum atomic E-state index is -0.246. The molecule has 20 heavy (non-hydrogen) atoms. The maximum absolute atomic E-state index is 12.1. The zero-order valence-electron chi connectivity index (χ0n) is 10.7. The van der Waals surface area contributed by atoms with E-state index in [1.807, 2.05) is 18.2 Å². The quantitative estimate of drug-likeness (QED) is 0.846. The molecule has 0 unspecified atom stereocenters. The first-order valence-corrected chi connectivity index (χ1v) is 6.98. The summed E-state index contributed by atoms with van der Waals surface area (Å²) in [5.74, 6) is -0.246. The second-order valence-corrected chi connectivity index (χ2v) is 5.26. The Morgan fingerprint density at radius 3 is 2.85 bits per heavy atom. The lowest BCUT2D eigenvalue weighted by Gasteiger charge is -2.12. The van der Waals surface area contributed by atoms with Crippen LogP contribution in [0.3, 0.4) is 0 Å². The highest BCUT2D eigenvalue weighted by atomic mass is 79.9. The van der Waals surface area contributed by atoms with Gasteiger partial charge in [0.25, 0.3) is 5.91 Å². The summed E-state index contributed by atoms with van der Waals surface area (Å²) in [6, 6.07) is 8.76. The Kier molecular flexibility index (Phi) is 5.11. The van der Waals surface area contributed by atoms with E-state index in [9.17, 15) is 4.79 Å². The van der Waals surface area contributed by atoms with E-state index in [0.29, 0.717) is 23.0 Å². The van der Waals surface area contributed by atoms with E-state index in [0.717, 1.165) is 10.0 Å². The summed E-state index contributed by atoms with van der Waals surface area (Å²) in [7, 11) is 1.61. The second kappa shape index (κ2) is 6.83. The number of amides is 1. The minimum Gasteiger partial charge on any atom is -0.380 e. The van der Waals surface area contributed by atoms with E-state index in [1.54, 1.807) is 19.2 Å². The zero-order chi connectivity index (χ0) is 14.5. The third-order valence-corrected chi connectivity index (χ3v) is 3.61. The van der Waals surface area contributed by atoms with Crippen LogP contribution in [0.4, 0.5) is 5.69 Å². The van der Waals surface area contributed by atoms with E-state index in [4.69, 9.17) is 16.3 Å². The number of nitrogens with one attached hydrogen (secondary N) is 1. The molecule has 0 saturated heterocycles. The van der Waals surface area contributed by atoms with E-state index < -0.39 is 0 Å². The van der Waals surface area contributed by atoms with Crippen LogP contribution in [0.25, 0.3) is 0 Å². The molecule has 0 saturated carbocycles. The van der Waals surface area contributed by atoms with Crippen LogP contribution in [0.1, 0.15) is 15.9 Å². The molecule has 0 radical (unpaired) electrons. The lowest BCUT2D eigenvalue weighted by Crippen LogP contribution is -2.14. The number of halogens is 2. The number of aromatic nitrogens is 1. The van der Waals surface area contributed by atoms with Crippen LogP contribution in [0.15, 0.2) is 41.0 Å². The van der Waals surface area contributed by atoms with Crippen molar-refractivity contribution < 1.29 is 9.53 Å². The maximum Gasteiger partial charge on any atom is 0.257 e. The second-order valence-electron chi connectivity index (χ2n) is 4.02. The molecular weight excluding hydrogens is 344 g/mol. The van der Waals surface area contributed by atoms with Crippen LogP contribution < -0.4 is 5.32 Å². The Hall–Kier alpha value is -1.43. The Morgan fingerprint density at radius 1 is 1.40 bits per heavy atom. The molecule has 0 aliphatic carbocycles. The van der Waals surface area contributed by atoms with Gasteiger partial charge in [-0.1, -0.05) is 33.6 Å². The van der Waals surface area contributed by atoms with Gasteiger partial charge in [-0.15, -0.1) is 0 Å². The van der Waals surface area contributed by atoms with Crippen molar-refractivity contribution in [3.63, 3.8) is 0 Å². The molecule has 2 aromatic rings. The number of carbonyl (C=O) groups excluding carboxylic acids is 1. The topological polar surface area (TPSA) is 51.2 Å². The molecule has 1 N–H and O–H groups in total. The first kappa shape index (κ1) is 15.0. The van der Waals surface area contributed by atoms with Crippen LogP contribution in [0, 0.1) is 0 Å². The third-order valence-electron chi connectivity index (χ3n) is 2.65. The van der Waals surface area contributed by atoms with Crippen molar-refractivity contribution in [2.24, 2.45) is 0 Å². The van der Waals surface area contributed by atoms with Crippen molar-refractivity contribution in [1.82, 2.24) is 4.98 Å². The molecule has 6 heteroatoms. The molecule has 4 nitrogen and oxygen atoms in total. The molecule has 1 aromatic carbocycles. The number of hydrogen-bond acceptors (Lipinski definition) is 3. The van der Waals surface area contributed by atoms with Gasteiger partial charge < -0.3 is 10.1 Å². The molecule has 104 valence electrons. The van der Waals surface area contributed by atoms with Gasteiger partial charge in [-0.3, -0.25) is 4.79 Å². The highest BCUT2D eigenvalue weighted by Crippen LogP contribution is 2.26. The zero-order valence-corrected chi connectivity index (χ0v) is 13.0. The van der Waals surface area contributed by atoms with Gasteiger partial charge in [-0.05, 0) is 24.3 Å². The third kappa shape index (κ3) is 3.56. The molecule has 0 spiro atoms. The largest absolute Gasteiger partial charge is 0.380 e. The van der Waals surface area contributed by atoms with E-state index in [2.05, 4.69) is 26.2 Å². The average Bonchev–Trinajstić information content (AvgIpc) is 2.43.